The number of pyridine rings is 2. The number of ether oxygens (including phenoxy) is 9. The average molecular weight is 655 g/mol. The van der Waals surface area contributed by atoms with E-state index in [9.17, 15) is 0 Å². The lowest BCUT2D eigenvalue weighted by molar-refractivity contribution is -0.0218. The van der Waals surface area contributed by atoms with Gasteiger partial charge in [0.15, 0.2) is 0 Å². The number of benzene rings is 2. The minimum atomic E-state index is 0.437. The Hall–Kier alpha value is -3.82. The van der Waals surface area contributed by atoms with E-state index in [0.29, 0.717) is 117 Å². The van der Waals surface area contributed by atoms with Crippen molar-refractivity contribution in [3.8, 4) is 11.5 Å². The monoisotopic (exact) mass is 654 g/mol. The van der Waals surface area contributed by atoms with Crippen LogP contribution in [0.5, 0.6) is 11.5 Å². The van der Waals surface area contributed by atoms with Crippen molar-refractivity contribution in [1.82, 2.24) is 9.97 Å². The Bertz CT molecular complexity index is 1340. The molecule has 0 fully saturated rings. The van der Waals surface area contributed by atoms with Gasteiger partial charge < -0.3 is 54.1 Å². The molecule has 0 aliphatic heterocycles. The summed E-state index contributed by atoms with van der Waals surface area (Å²) in [6, 6.07) is 18.9. The minimum absolute atomic E-state index is 0.437. The zero-order valence-corrected chi connectivity index (χ0v) is 26.8. The van der Waals surface area contributed by atoms with Crippen LogP contribution in [0.15, 0.2) is 60.7 Å². The van der Waals surface area contributed by atoms with E-state index in [-0.39, 0.29) is 0 Å². The number of aromatic nitrogens is 2. The molecule has 13 heteroatoms. The van der Waals surface area contributed by atoms with Gasteiger partial charge in [-0.15, -0.1) is 0 Å². The summed E-state index contributed by atoms with van der Waals surface area (Å²) in [5.74, 6) is 2.43. The van der Waals surface area contributed by atoms with E-state index in [0.717, 1.165) is 33.3 Å². The third kappa shape index (κ3) is 14.6. The van der Waals surface area contributed by atoms with Gasteiger partial charge in [-0.3, -0.25) is 0 Å². The summed E-state index contributed by atoms with van der Waals surface area (Å²) in [6.07, 6.45) is 0. The quantitative estimate of drug-likeness (QED) is 0.0948. The van der Waals surface area contributed by atoms with E-state index >= 15 is 0 Å². The Morgan fingerprint density at radius 2 is 0.638 bits per heavy atom. The highest BCUT2D eigenvalue weighted by atomic mass is 16.6. The zero-order valence-electron chi connectivity index (χ0n) is 26.8. The average Bonchev–Trinajstić information content (AvgIpc) is 3.07. The van der Waals surface area contributed by atoms with Crippen LogP contribution in [0.25, 0.3) is 21.8 Å². The summed E-state index contributed by atoms with van der Waals surface area (Å²) in [7, 11) is 0. The van der Waals surface area contributed by atoms with Gasteiger partial charge in [-0.25, -0.2) is 9.97 Å². The van der Waals surface area contributed by atoms with Crippen molar-refractivity contribution < 1.29 is 42.6 Å². The van der Waals surface area contributed by atoms with Crippen molar-refractivity contribution in [3.05, 3.63) is 60.7 Å². The van der Waals surface area contributed by atoms with Crippen LogP contribution in [0.1, 0.15) is 0 Å². The Morgan fingerprint density at radius 1 is 0.362 bits per heavy atom. The Labute approximate surface area is 275 Å². The lowest BCUT2D eigenvalue weighted by atomic mass is 10.2. The molecule has 0 radical (unpaired) electrons. The van der Waals surface area contributed by atoms with Crippen molar-refractivity contribution >= 4 is 33.4 Å². The van der Waals surface area contributed by atoms with Gasteiger partial charge in [0, 0.05) is 22.9 Å². The molecule has 0 aliphatic carbocycles. The van der Waals surface area contributed by atoms with Gasteiger partial charge in [-0.2, -0.15) is 0 Å². The van der Waals surface area contributed by atoms with Crippen molar-refractivity contribution in [3.63, 3.8) is 0 Å². The van der Waals surface area contributed by atoms with Crippen molar-refractivity contribution in [1.29, 1.82) is 0 Å². The third-order valence-electron chi connectivity index (χ3n) is 6.60. The molecular formula is C34H46N4O9. The van der Waals surface area contributed by atoms with Gasteiger partial charge in [0.05, 0.1) is 104 Å². The molecule has 13 nitrogen and oxygen atoms in total. The molecule has 0 aliphatic rings. The fourth-order valence-electron chi connectivity index (χ4n) is 4.26. The molecule has 2 aromatic carbocycles. The van der Waals surface area contributed by atoms with Gasteiger partial charge in [0.2, 0.25) is 0 Å². The van der Waals surface area contributed by atoms with Crippen LogP contribution in [0.3, 0.4) is 0 Å². The number of anilines is 2. The molecule has 47 heavy (non-hydrogen) atoms. The van der Waals surface area contributed by atoms with E-state index in [2.05, 4.69) is 9.97 Å². The molecule has 4 rings (SSSR count). The smallest absolute Gasteiger partial charge is 0.124 e. The number of rotatable bonds is 26. The molecule has 0 saturated heterocycles. The summed E-state index contributed by atoms with van der Waals surface area (Å²) in [4.78, 5) is 8.61. The van der Waals surface area contributed by atoms with Gasteiger partial charge in [-0.05, 0) is 48.5 Å². The second-order valence-corrected chi connectivity index (χ2v) is 10.2. The maximum Gasteiger partial charge on any atom is 0.124 e. The fourth-order valence-corrected chi connectivity index (χ4v) is 4.26. The largest absolute Gasteiger partial charge is 0.491 e. The Kier molecular flexibility index (Phi) is 16.8. The fraction of sp³-hybridized carbons (Fsp3) is 0.471. The molecule has 0 unspecified atom stereocenters. The lowest BCUT2D eigenvalue weighted by Crippen LogP contribution is -2.15. The van der Waals surface area contributed by atoms with E-state index in [1.165, 1.54) is 0 Å². The predicted molar refractivity (Wildman–Crippen MR) is 179 cm³/mol. The highest BCUT2D eigenvalue weighted by Crippen LogP contribution is 2.21. The highest BCUT2D eigenvalue weighted by Gasteiger charge is 2.02. The molecule has 0 bridgehead atoms. The number of nitrogens with two attached hydrogens (primary N) is 2. The van der Waals surface area contributed by atoms with Crippen LogP contribution in [-0.2, 0) is 33.2 Å². The second kappa shape index (κ2) is 21.9. The summed E-state index contributed by atoms with van der Waals surface area (Å²) in [5, 5.41) is 2.03. The number of hydrogen-bond acceptors (Lipinski definition) is 13. The summed E-state index contributed by atoms with van der Waals surface area (Å²) in [5.41, 5.74) is 13.1. The number of hydrogen-bond donors (Lipinski definition) is 2. The van der Waals surface area contributed by atoms with Gasteiger partial charge in [0.1, 0.15) is 36.3 Å². The first-order valence-corrected chi connectivity index (χ1v) is 15.8. The van der Waals surface area contributed by atoms with E-state index in [1.54, 1.807) is 12.1 Å². The van der Waals surface area contributed by atoms with Crippen LogP contribution in [0, 0.1) is 0 Å². The molecule has 0 amide bonds. The zero-order chi connectivity index (χ0) is 32.8. The van der Waals surface area contributed by atoms with Crippen LogP contribution in [0.4, 0.5) is 11.6 Å². The van der Waals surface area contributed by atoms with Gasteiger partial charge >= 0.3 is 0 Å². The molecule has 256 valence electrons. The molecule has 0 atom stereocenters. The first-order chi connectivity index (χ1) is 23.2. The van der Waals surface area contributed by atoms with Crippen LogP contribution in [-0.4, -0.2) is 116 Å². The molecule has 0 spiro atoms. The van der Waals surface area contributed by atoms with Gasteiger partial charge in [0.25, 0.3) is 0 Å². The highest BCUT2D eigenvalue weighted by molar-refractivity contribution is 5.82. The molecule has 4 aromatic rings. The SMILES string of the molecule is Nc1ccc2ccc(OCCOCCOCCOCCOCCOCCOCCOCCOc3ccc4ccc(N)nc4c3)cc2n1. The first-order valence-electron chi connectivity index (χ1n) is 15.8. The molecule has 4 N–H and O–H groups in total. The molecular weight excluding hydrogens is 608 g/mol. The summed E-state index contributed by atoms with van der Waals surface area (Å²) < 4.78 is 50.1. The number of nitrogen functional groups attached to an aromatic ring is 2. The first kappa shape index (κ1) is 36.0. The van der Waals surface area contributed by atoms with Crippen molar-refractivity contribution in [2.75, 3.05) is 117 Å². The Morgan fingerprint density at radius 3 is 0.957 bits per heavy atom. The number of nitrogens with zero attached hydrogens (tertiary/aromatic N) is 2. The maximum absolute atomic E-state index is 5.75. The maximum atomic E-state index is 5.75. The lowest BCUT2D eigenvalue weighted by Gasteiger charge is -2.09. The third-order valence-corrected chi connectivity index (χ3v) is 6.60. The van der Waals surface area contributed by atoms with Crippen molar-refractivity contribution in [2.45, 2.75) is 0 Å². The Balaban J connectivity index is 0.824. The van der Waals surface area contributed by atoms with Gasteiger partial charge in [-0.1, -0.05) is 0 Å². The van der Waals surface area contributed by atoms with Crippen LogP contribution >= 0.6 is 0 Å². The van der Waals surface area contributed by atoms with E-state index in [4.69, 9.17) is 54.1 Å². The van der Waals surface area contributed by atoms with Crippen molar-refractivity contribution in [2.24, 2.45) is 0 Å². The molecule has 2 heterocycles. The van der Waals surface area contributed by atoms with Crippen LogP contribution < -0.4 is 20.9 Å². The van der Waals surface area contributed by atoms with E-state index in [1.807, 2.05) is 48.5 Å². The molecule has 0 saturated carbocycles. The standard InChI is InChI=1S/C34H46N4O9/c35-33-7-3-27-1-5-29(25-31(27)37-33)46-23-21-44-19-17-42-15-13-40-11-9-39-10-12-41-14-16-43-18-20-45-22-24-47-30-6-2-28-4-8-34(36)38-32(28)26-30/h1-8,25-26H,9-24H2,(H2,35,37)(H2,36,38). The topological polar surface area (TPSA) is 161 Å². The number of fused-ring (bicyclic) bond motifs is 2. The summed E-state index contributed by atoms with van der Waals surface area (Å²) in [6.45, 7) is 7.72. The van der Waals surface area contributed by atoms with E-state index < -0.39 is 0 Å². The summed E-state index contributed by atoms with van der Waals surface area (Å²) >= 11 is 0. The molecule has 2 aromatic heterocycles. The minimum Gasteiger partial charge on any atom is -0.491 e. The van der Waals surface area contributed by atoms with Crippen LogP contribution in [0.2, 0.25) is 0 Å². The second-order valence-electron chi connectivity index (χ2n) is 10.2. The normalized spacial score (nSPS) is 11.4. The predicted octanol–water partition coefficient (Wildman–Crippen LogP) is 3.52.